The van der Waals surface area contributed by atoms with E-state index in [9.17, 15) is 13.7 Å². The maximum absolute atomic E-state index is 13.4. The van der Waals surface area contributed by atoms with Crippen LogP contribution >= 0.6 is 0 Å². The number of benzene rings is 7. The number of nitrogens with zero attached hydrogens (tertiary/aromatic N) is 2. The van der Waals surface area contributed by atoms with Crippen molar-refractivity contribution in [3.8, 4) is 45.5 Å². The SMILES string of the molecule is CC1(C)c2ccc(-c3cccc(S(=O)(=O)c4ccccc4)c3)cc2Oc2cc(-c3ccc4c(c3)c3cc(C#N)ccc3n4-c3ccccc3)ccc21. The quantitative estimate of drug-likeness (QED) is 0.180. The second-order valence-electron chi connectivity index (χ2n) is 13.7. The number of ether oxygens (including phenoxy) is 1. The van der Waals surface area contributed by atoms with Gasteiger partial charge in [-0.1, -0.05) is 92.7 Å². The maximum Gasteiger partial charge on any atom is 0.206 e. The third-order valence-corrected chi connectivity index (χ3v) is 12.1. The lowest BCUT2D eigenvalue weighted by Crippen LogP contribution is -2.24. The van der Waals surface area contributed by atoms with Crippen molar-refractivity contribution in [2.75, 3.05) is 0 Å². The van der Waals surface area contributed by atoms with Crippen LogP contribution in [0.3, 0.4) is 0 Å². The normalized spacial score (nSPS) is 13.2. The molecule has 0 aliphatic carbocycles. The van der Waals surface area contributed by atoms with E-state index in [4.69, 9.17) is 4.74 Å². The summed E-state index contributed by atoms with van der Waals surface area (Å²) in [6, 6.07) is 53.1. The van der Waals surface area contributed by atoms with Gasteiger partial charge in [0.05, 0.1) is 32.5 Å². The van der Waals surface area contributed by atoms with Crippen LogP contribution in [0, 0.1) is 11.3 Å². The second kappa shape index (κ2) is 11.8. The van der Waals surface area contributed by atoms with Gasteiger partial charge in [0.1, 0.15) is 11.5 Å². The molecule has 0 N–H and O–H groups in total. The molecule has 8 aromatic rings. The molecule has 6 heteroatoms. The van der Waals surface area contributed by atoms with Gasteiger partial charge >= 0.3 is 0 Å². The fourth-order valence-corrected chi connectivity index (χ4v) is 8.90. The van der Waals surface area contributed by atoms with Crippen molar-refractivity contribution in [3.63, 3.8) is 0 Å². The van der Waals surface area contributed by atoms with Gasteiger partial charge in [-0.3, -0.25) is 0 Å². The summed E-state index contributed by atoms with van der Waals surface area (Å²) < 4.78 is 35.8. The fourth-order valence-electron chi connectivity index (χ4n) is 7.58. The summed E-state index contributed by atoms with van der Waals surface area (Å²) in [4.78, 5) is 0.515. The lowest BCUT2D eigenvalue weighted by atomic mass is 9.75. The smallest absolute Gasteiger partial charge is 0.206 e. The highest BCUT2D eigenvalue weighted by Crippen LogP contribution is 2.50. The van der Waals surface area contributed by atoms with E-state index < -0.39 is 9.84 Å². The lowest BCUT2D eigenvalue weighted by Gasteiger charge is -2.35. The van der Waals surface area contributed by atoms with E-state index in [1.54, 1.807) is 42.5 Å². The molecule has 0 atom stereocenters. The second-order valence-corrected chi connectivity index (χ2v) is 15.7. The summed E-state index contributed by atoms with van der Waals surface area (Å²) in [6.07, 6.45) is 0. The summed E-state index contributed by atoms with van der Waals surface area (Å²) >= 11 is 0. The molecule has 0 saturated carbocycles. The molecule has 1 aromatic heterocycles. The Balaban J connectivity index is 1.11. The Kier molecular flexibility index (Phi) is 7.18. The molecule has 7 aromatic carbocycles. The van der Waals surface area contributed by atoms with Crippen molar-refractivity contribution in [3.05, 3.63) is 174 Å². The Bertz CT molecular complexity index is 2870. The molecule has 0 bridgehead atoms. The average molecular weight is 693 g/mol. The summed E-state index contributed by atoms with van der Waals surface area (Å²) in [5, 5.41) is 11.8. The number of fused-ring (bicyclic) bond motifs is 5. The monoisotopic (exact) mass is 692 g/mol. The van der Waals surface area contributed by atoms with Gasteiger partial charge in [0, 0.05) is 33.0 Å². The first kappa shape index (κ1) is 31.6. The van der Waals surface area contributed by atoms with Crippen LogP contribution in [0.15, 0.2) is 168 Å². The zero-order valence-corrected chi connectivity index (χ0v) is 29.4. The molecule has 0 radical (unpaired) electrons. The largest absolute Gasteiger partial charge is 0.457 e. The van der Waals surface area contributed by atoms with Crippen molar-refractivity contribution >= 4 is 31.6 Å². The lowest BCUT2D eigenvalue weighted by molar-refractivity contribution is 0.418. The average Bonchev–Trinajstić information content (AvgIpc) is 3.51. The maximum atomic E-state index is 13.4. The van der Waals surface area contributed by atoms with Crippen molar-refractivity contribution in [1.82, 2.24) is 4.57 Å². The summed E-state index contributed by atoms with van der Waals surface area (Å²) in [7, 11) is -3.67. The summed E-state index contributed by atoms with van der Waals surface area (Å²) in [6.45, 7) is 4.41. The standard InChI is InChI=1S/C46H32N2O3S/c1-46(2)40-20-17-33(31-10-9-15-37(25-31)52(49,50)36-13-7-4-8-14-36)27-44(40)51-45-28-34(18-21-41(45)46)32-19-23-43-39(26-32)38-24-30(29-47)16-22-42(38)48(43)35-11-5-3-6-12-35/h3-28H,1-2H3. The molecule has 52 heavy (non-hydrogen) atoms. The first-order valence-corrected chi connectivity index (χ1v) is 18.6. The van der Waals surface area contributed by atoms with Gasteiger partial charge in [0.15, 0.2) is 0 Å². The van der Waals surface area contributed by atoms with Crippen LogP contribution in [0.2, 0.25) is 0 Å². The van der Waals surface area contributed by atoms with Gasteiger partial charge < -0.3 is 9.30 Å². The Morgan fingerprint density at radius 1 is 0.558 bits per heavy atom. The fraction of sp³-hybridized carbons (Fsp3) is 0.0652. The van der Waals surface area contributed by atoms with E-state index >= 15 is 0 Å². The minimum absolute atomic E-state index is 0.248. The molecule has 5 nitrogen and oxygen atoms in total. The molecule has 0 spiro atoms. The molecular weight excluding hydrogens is 661 g/mol. The molecule has 0 amide bonds. The van der Waals surface area contributed by atoms with Gasteiger partial charge in [-0.25, -0.2) is 8.42 Å². The zero-order chi connectivity index (χ0) is 35.6. The zero-order valence-electron chi connectivity index (χ0n) is 28.5. The molecule has 0 unspecified atom stereocenters. The first-order chi connectivity index (χ1) is 25.2. The van der Waals surface area contributed by atoms with E-state index in [2.05, 4.69) is 79.1 Å². The number of hydrogen-bond acceptors (Lipinski definition) is 4. The van der Waals surface area contributed by atoms with Gasteiger partial charge in [0.2, 0.25) is 9.84 Å². The first-order valence-electron chi connectivity index (χ1n) is 17.1. The van der Waals surface area contributed by atoms with E-state index in [0.717, 1.165) is 72.4 Å². The van der Waals surface area contributed by atoms with E-state index in [1.807, 2.05) is 60.7 Å². The number of rotatable bonds is 5. The number of hydrogen-bond donors (Lipinski definition) is 0. The van der Waals surface area contributed by atoms with Crippen molar-refractivity contribution in [1.29, 1.82) is 5.26 Å². The third-order valence-electron chi connectivity index (χ3n) is 10.3. The summed E-state index contributed by atoms with van der Waals surface area (Å²) in [5.74, 6) is 1.53. The highest BCUT2D eigenvalue weighted by Gasteiger charge is 2.34. The molecule has 2 heterocycles. The molecule has 0 fully saturated rings. The molecule has 1 aliphatic heterocycles. The minimum Gasteiger partial charge on any atom is -0.457 e. The third kappa shape index (κ3) is 5.01. The van der Waals surface area contributed by atoms with Crippen LogP contribution in [0.1, 0.15) is 30.5 Å². The van der Waals surface area contributed by atoms with Gasteiger partial charge in [-0.2, -0.15) is 5.26 Å². The van der Waals surface area contributed by atoms with Crippen molar-refractivity contribution in [2.45, 2.75) is 29.1 Å². The van der Waals surface area contributed by atoms with E-state index in [1.165, 1.54) is 0 Å². The van der Waals surface area contributed by atoms with Crippen molar-refractivity contribution < 1.29 is 13.2 Å². The topological polar surface area (TPSA) is 72.1 Å². The van der Waals surface area contributed by atoms with Gasteiger partial charge in [0.25, 0.3) is 0 Å². The van der Waals surface area contributed by atoms with Crippen LogP contribution in [0.4, 0.5) is 0 Å². The number of sulfone groups is 1. The Morgan fingerprint density at radius 3 is 1.75 bits per heavy atom. The minimum atomic E-state index is -3.67. The summed E-state index contributed by atoms with van der Waals surface area (Å²) in [5.41, 5.74) is 9.35. The molecular formula is C46H32N2O3S. The number of para-hydroxylation sites is 1. The Labute approximate surface area is 302 Å². The Hall–Kier alpha value is -6.42. The highest BCUT2D eigenvalue weighted by molar-refractivity contribution is 7.91. The predicted octanol–water partition coefficient (Wildman–Crippen LogP) is 11.3. The van der Waals surface area contributed by atoms with Crippen LogP contribution in [-0.4, -0.2) is 13.0 Å². The van der Waals surface area contributed by atoms with Crippen LogP contribution in [0.25, 0.3) is 49.7 Å². The van der Waals surface area contributed by atoms with Crippen molar-refractivity contribution in [2.24, 2.45) is 0 Å². The number of nitriles is 1. The van der Waals surface area contributed by atoms with Crippen LogP contribution in [-0.2, 0) is 15.3 Å². The molecule has 1 aliphatic rings. The van der Waals surface area contributed by atoms with Crippen LogP contribution in [0.5, 0.6) is 11.5 Å². The molecule has 250 valence electrons. The van der Waals surface area contributed by atoms with Crippen LogP contribution < -0.4 is 4.74 Å². The van der Waals surface area contributed by atoms with Gasteiger partial charge in [-0.05, 0) is 101 Å². The van der Waals surface area contributed by atoms with Gasteiger partial charge in [-0.15, -0.1) is 0 Å². The molecule has 0 saturated heterocycles. The Morgan fingerprint density at radius 2 is 1.10 bits per heavy atom. The number of aromatic nitrogens is 1. The van der Waals surface area contributed by atoms with E-state index in [0.29, 0.717) is 5.56 Å². The molecule has 9 rings (SSSR count). The highest BCUT2D eigenvalue weighted by atomic mass is 32.2. The van der Waals surface area contributed by atoms with E-state index in [-0.39, 0.29) is 15.2 Å². The predicted molar refractivity (Wildman–Crippen MR) is 207 cm³/mol.